The summed E-state index contributed by atoms with van der Waals surface area (Å²) in [5.41, 5.74) is 2.56. The first-order valence-electron chi connectivity index (χ1n) is 10.6. The summed E-state index contributed by atoms with van der Waals surface area (Å²) in [4.78, 5) is 11.3. The van der Waals surface area contributed by atoms with E-state index in [0.717, 1.165) is 73.0 Å². The van der Waals surface area contributed by atoms with Crippen LogP contribution in [0.15, 0.2) is 30.6 Å². The molecule has 3 aromatic rings. The number of hydrogen-bond acceptors (Lipinski definition) is 7. The van der Waals surface area contributed by atoms with E-state index in [-0.39, 0.29) is 18.3 Å². The van der Waals surface area contributed by atoms with Crippen molar-refractivity contribution < 1.29 is 14.2 Å². The van der Waals surface area contributed by atoms with E-state index >= 15 is 0 Å². The third-order valence-electron chi connectivity index (χ3n) is 5.64. The lowest BCUT2D eigenvalue weighted by atomic mass is 10.1. The van der Waals surface area contributed by atoms with Crippen LogP contribution in [0.4, 0.5) is 5.82 Å². The fraction of sp³-hybridized carbons (Fsp3) is 0.500. The molecule has 5 rings (SSSR count). The van der Waals surface area contributed by atoms with E-state index in [4.69, 9.17) is 14.2 Å². The van der Waals surface area contributed by atoms with Crippen LogP contribution < -0.4 is 9.64 Å². The second-order valence-corrected chi connectivity index (χ2v) is 8.13. The number of anilines is 1. The van der Waals surface area contributed by atoms with E-state index < -0.39 is 0 Å². The maximum atomic E-state index is 6.19. The van der Waals surface area contributed by atoms with Crippen molar-refractivity contribution >= 4 is 16.7 Å². The Morgan fingerprint density at radius 3 is 2.67 bits per heavy atom. The van der Waals surface area contributed by atoms with Crippen LogP contribution >= 0.6 is 0 Å². The Bertz CT molecular complexity index is 1010. The van der Waals surface area contributed by atoms with Crippen molar-refractivity contribution in [1.29, 1.82) is 0 Å². The highest BCUT2D eigenvalue weighted by Gasteiger charge is 2.24. The minimum atomic E-state index is 0.170. The number of hydrogen-bond donors (Lipinski definition) is 1. The SMILES string of the molecule is C[C@@H]1CN(c2cc(-c3n[nH]c4ccc(OC5CCOCC5)cc34)ncn2)C[C@H](C)O1. The summed E-state index contributed by atoms with van der Waals surface area (Å²) in [6.45, 7) is 7.31. The van der Waals surface area contributed by atoms with Crippen molar-refractivity contribution in [2.24, 2.45) is 0 Å². The van der Waals surface area contributed by atoms with Crippen LogP contribution in [-0.4, -0.2) is 64.8 Å². The van der Waals surface area contributed by atoms with Crippen molar-refractivity contribution in [2.45, 2.75) is 45.0 Å². The van der Waals surface area contributed by atoms with Gasteiger partial charge in [0.2, 0.25) is 0 Å². The molecular formula is C22H27N5O3. The molecule has 1 aromatic carbocycles. The summed E-state index contributed by atoms with van der Waals surface area (Å²) >= 11 is 0. The minimum Gasteiger partial charge on any atom is -0.490 e. The standard InChI is InChI=1S/C22H27N5O3/c1-14-11-27(12-15(2)29-14)21-10-20(23-13-24-21)22-18-9-17(3-4-19(18)25-26-22)30-16-5-7-28-8-6-16/h3-4,9-10,13-16H,5-8,11-12H2,1-2H3,(H,25,26)/t14-,15+. The molecule has 2 aromatic heterocycles. The molecule has 2 fully saturated rings. The van der Waals surface area contributed by atoms with E-state index in [2.05, 4.69) is 38.9 Å². The van der Waals surface area contributed by atoms with Crippen LogP contribution in [0.25, 0.3) is 22.3 Å². The van der Waals surface area contributed by atoms with Crippen molar-refractivity contribution in [1.82, 2.24) is 20.2 Å². The number of aromatic nitrogens is 4. The Hall–Kier alpha value is -2.71. The van der Waals surface area contributed by atoms with Gasteiger partial charge in [0, 0.05) is 37.4 Å². The minimum absolute atomic E-state index is 0.170. The highest BCUT2D eigenvalue weighted by molar-refractivity contribution is 5.93. The first kappa shape index (κ1) is 19.3. The molecule has 4 heterocycles. The van der Waals surface area contributed by atoms with Gasteiger partial charge in [-0.2, -0.15) is 5.10 Å². The molecule has 0 unspecified atom stereocenters. The number of nitrogens with zero attached hydrogens (tertiary/aromatic N) is 4. The average Bonchev–Trinajstić information content (AvgIpc) is 3.17. The molecule has 0 radical (unpaired) electrons. The maximum Gasteiger partial charge on any atom is 0.132 e. The Morgan fingerprint density at radius 1 is 1.07 bits per heavy atom. The first-order chi connectivity index (χ1) is 14.7. The summed E-state index contributed by atoms with van der Waals surface area (Å²) < 4.78 is 17.5. The summed E-state index contributed by atoms with van der Waals surface area (Å²) in [6, 6.07) is 8.05. The van der Waals surface area contributed by atoms with Gasteiger partial charge in [0.15, 0.2) is 0 Å². The summed E-state index contributed by atoms with van der Waals surface area (Å²) in [5, 5.41) is 8.64. The summed E-state index contributed by atoms with van der Waals surface area (Å²) in [6.07, 6.45) is 3.98. The van der Waals surface area contributed by atoms with Crippen LogP contribution in [0.1, 0.15) is 26.7 Å². The number of fused-ring (bicyclic) bond motifs is 1. The van der Waals surface area contributed by atoms with Crippen LogP contribution in [0, 0.1) is 0 Å². The van der Waals surface area contributed by atoms with E-state index in [1.54, 1.807) is 6.33 Å². The fourth-order valence-corrected chi connectivity index (χ4v) is 4.26. The zero-order valence-electron chi connectivity index (χ0n) is 17.4. The second-order valence-electron chi connectivity index (χ2n) is 8.13. The monoisotopic (exact) mass is 409 g/mol. The van der Waals surface area contributed by atoms with Gasteiger partial charge in [-0.15, -0.1) is 0 Å². The number of aromatic amines is 1. The third kappa shape index (κ3) is 3.97. The molecule has 0 aliphatic carbocycles. The largest absolute Gasteiger partial charge is 0.490 e. The number of benzene rings is 1. The maximum absolute atomic E-state index is 6.19. The Kier molecular flexibility index (Phi) is 5.26. The molecule has 8 heteroatoms. The first-order valence-corrected chi connectivity index (χ1v) is 10.6. The average molecular weight is 409 g/mol. The number of rotatable bonds is 4. The highest BCUT2D eigenvalue weighted by atomic mass is 16.5. The van der Waals surface area contributed by atoms with Gasteiger partial charge in [-0.3, -0.25) is 5.10 Å². The molecule has 8 nitrogen and oxygen atoms in total. The molecule has 2 aliphatic rings. The molecule has 1 N–H and O–H groups in total. The van der Waals surface area contributed by atoms with Gasteiger partial charge < -0.3 is 19.1 Å². The van der Waals surface area contributed by atoms with Crippen LogP contribution in [-0.2, 0) is 9.47 Å². The molecule has 0 saturated carbocycles. The van der Waals surface area contributed by atoms with Crippen LogP contribution in [0.5, 0.6) is 5.75 Å². The zero-order chi connectivity index (χ0) is 20.5. The topological polar surface area (TPSA) is 85.4 Å². The second kappa shape index (κ2) is 8.20. The van der Waals surface area contributed by atoms with Crippen molar-refractivity contribution in [2.75, 3.05) is 31.2 Å². The molecule has 158 valence electrons. The lowest BCUT2D eigenvalue weighted by Crippen LogP contribution is -2.45. The van der Waals surface area contributed by atoms with Gasteiger partial charge in [0.05, 0.1) is 36.6 Å². The van der Waals surface area contributed by atoms with Crippen molar-refractivity contribution in [3.63, 3.8) is 0 Å². The van der Waals surface area contributed by atoms with Gasteiger partial charge >= 0.3 is 0 Å². The molecule has 0 amide bonds. The van der Waals surface area contributed by atoms with Crippen LogP contribution in [0.3, 0.4) is 0 Å². The smallest absolute Gasteiger partial charge is 0.132 e. The van der Waals surface area contributed by atoms with E-state index in [1.165, 1.54) is 0 Å². The number of morpholine rings is 1. The molecule has 0 bridgehead atoms. The third-order valence-corrected chi connectivity index (χ3v) is 5.64. The van der Waals surface area contributed by atoms with Crippen molar-refractivity contribution in [3.05, 3.63) is 30.6 Å². The number of nitrogens with one attached hydrogen (secondary N) is 1. The predicted octanol–water partition coefficient (Wildman–Crippen LogP) is 3.19. The Morgan fingerprint density at radius 2 is 1.87 bits per heavy atom. The fourth-order valence-electron chi connectivity index (χ4n) is 4.26. The van der Waals surface area contributed by atoms with Gasteiger partial charge in [-0.1, -0.05) is 0 Å². The van der Waals surface area contributed by atoms with Gasteiger partial charge in [-0.05, 0) is 32.0 Å². The molecule has 30 heavy (non-hydrogen) atoms. The van der Waals surface area contributed by atoms with Gasteiger partial charge in [0.25, 0.3) is 0 Å². The molecule has 0 spiro atoms. The lowest BCUT2D eigenvalue weighted by Gasteiger charge is -2.36. The quantitative estimate of drug-likeness (QED) is 0.708. The normalized spacial score (nSPS) is 23.1. The Labute approximate surface area is 175 Å². The van der Waals surface area contributed by atoms with Crippen LogP contribution in [0.2, 0.25) is 0 Å². The Balaban J connectivity index is 1.43. The van der Waals surface area contributed by atoms with E-state index in [1.807, 2.05) is 24.3 Å². The number of ether oxygens (including phenoxy) is 3. The zero-order valence-corrected chi connectivity index (χ0v) is 17.4. The molecule has 2 saturated heterocycles. The van der Waals surface area contributed by atoms with Gasteiger partial charge in [-0.25, -0.2) is 9.97 Å². The molecule has 2 atom stereocenters. The van der Waals surface area contributed by atoms with Crippen molar-refractivity contribution in [3.8, 4) is 17.1 Å². The predicted molar refractivity (Wildman–Crippen MR) is 114 cm³/mol. The highest BCUT2D eigenvalue weighted by Crippen LogP contribution is 2.31. The van der Waals surface area contributed by atoms with Gasteiger partial charge in [0.1, 0.15) is 29.7 Å². The van der Waals surface area contributed by atoms with E-state index in [9.17, 15) is 0 Å². The molecular weight excluding hydrogens is 382 g/mol. The van der Waals surface area contributed by atoms with E-state index in [0.29, 0.717) is 0 Å². The molecule has 2 aliphatic heterocycles. The number of H-pyrrole nitrogens is 1. The summed E-state index contributed by atoms with van der Waals surface area (Å²) in [5.74, 6) is 1.75. The lowest BCUT2D eigenvalue weighted by molar-refractivity contribution is -0.00546. The summed E-state index contributed by atoms with van der Waals surface area (Å²) in [7, 11) is 0.